The second kappa shape index (κ2) is 12.8. The molecule has 4 rings (SSSR count). The standard InChI is InChI=1S/C30H30Cl2N4O4S/c1-5-40-26-11-13-27(14-12-26)41(38,39)35(25-9-6-20(2)7-10-25)19-30(37)34-33-18-23-16-21(3)36(22(23)4)29-17-24(31)8-15-28(29)32/h6-18H,5,19H2,1-4H3,(H,34,37)/b33-18-. The van der Waals surface area contributed by atoms with E-state index < -0.39 is 22.5 Å². The van der Waals surface area contributed by atoms with Crippen LogP contribution in [0, 0.1) is 20.8 Å². The predicted octanol–water partition coefficient (Wildman–Crippen LogP) is 6.45. The second-order valence-electron chi connectivity index (χ2n) is 9.30. The van der Waals surface area contributed by atoms with Gasteiger partial charge in [0.1, 0.15) is 12.3 Å². The first-order chi connectivity index (χ1) is 19.5. The van der Waals surface area contributed by atoms with Gasteiger partial charge in [-0.15, -0.1) is 0 Å². The molecule has 0 fully saturated rings. The molecule has 0 aliphatic rings. The van der Waals surface area contributed by atoms with Crippen LogP contribution in [0.25, 0.3) is 5.69 Å². The molecule has 0 bridgehead atoms. The minimum atomic E-state index is -4.08. The molecule has 1 aromatic heterocycles. The van der Waals surface area contributed by atoms with Crippen LogP contribution in [0.1, 0.15) is 29.4 Å². The largest absolute Gasteiger partial charge is 0.494 e. The van der Waals surface area contributed by atoms with Crippen molar-refractivity contribution < 1.29 is 17.9 Å². The zero-order valence-corrected chi connectivity index (χ0v) is 25.4. The van der Waals surface area contributed by atoms with Crippen LogP contribution in [0.3, 0.4) is 0 Å². The lowest BCUT2D eigenvalue weighted by atomic mass is 10.2. The van der Waals surface area contributed by atoms with Crippen molar-refractivity contribution in [1.82, 2.24) is 9.99 Å². The third-order valence-corrected chi connectivity index (χ3v) is 8.69. The van der Waals surface area contributed by atoms with Gasteiger partial charge >= 0.3 is 0 Å². The number of carbonyl (C=O) groups is 1. The Morgan fingerprint density at radius 3 is 2.34 bits per heavy atom. The van der Waals surface area contributed by atoms with Gasteiger partial charge in [0.15, 0.2) is 0 Å². The molecule has 1 amide bonds. The quantitative estimate of drug-likeness (QED) is 0.164. The summed E-state index contributed by atoms with van der Waals surface area (Å²) < 4.78 is 35.7. The first kappa shape index (κ1) is 30.2. The molecule has 214 valence electrons. The number of aromatic nitrogens is 1. The van der Waals surface area contributed by atoms with Crippen molar-refractivity contribution >= 4 is 51.0 Å². The van der Waals surface area contributed by atoms with Crippen molar-refractivity contribution in [3.8, 4) is 11.4 Å². The van der Waals surface area contributed by atoms with E-state index in [2.05, 4.69) is 10.5 Å². The second-order valence-corrected chi connectivity index (χ2v) is 12.0. The molecular formula is C30H30Cl2N4O4S. The minimum absolute atomic E-state index is 0.0324. The van der Waals surface area contributed by atoms with E-state index >= 15 is 0 Å². The molecule has 0 unspecified atom stereocenters. The highest BCUT2D eigenvalue weighted by atomic mass is 35.5. The van der Waals surface area contributed by atoms with Gasteiger partial charge in [0, 0.05) is 22.0 Å². The first-order valence-electron chi connectivity index (χ1n) is 12.8. The molecule has 11 heteroatoms. The molecule has 0 aliphatic carbocycles. The highest BCUT2D eigenvalue weighted by Gasteiger charge is 2.27. The molecule has 8 nitrogen and oxygen atoms in total. The van der Waals surface area contributed by atoms with Gasteiger partial charge in [-0.05, 0) is 88.4 Å². The maximum atomic E-state index is 13.6. The van der Waals surface area contributed by atoms with E-state index in [1.165, 1.54) is 18.3 Å². The molecule has 0 saturated heterocycles. The van der Waals surface area contributed by atoms with Gasteiger partial charge in [-0.2, -0.15) is 5.10 Å². The van der Waals surface area contributed by atoms with E-state index in [9.17, 15) is 13.2 Å². The third-order valence-electron chi connectivity index (χ3n) is 6.34. The molecule has 1 N–H and O–H groups in total. The van der Waals surface area contributed by atoms with Crippen molar-refractivity contribution in [3.05, 3.63) is 105 Å². The Morgan fingerprint density at radius 2 is 1.68 bits per heavy atom. The fraction of sp³-hybridized carbons (Fsp3) is 0.200. The minimum Gasteiger partial charge on any atom is -0.494 e. The van der Waals surface area contributed by atoms with E-state index in [1.54, 1.807) is 54.6 Å². The van der Waals surface area contributed by atoms with Crippen LogP contribution in [-0.2, 0) is 14.8 Å². The van der Waals surface area contributed by atoms with Crippen LogP contribution in [0.5, 0.6) is 5.75 Å². The Kier molecular flexibility index (Phi) is 9.42. The Morgan fingerprint density at radius 1 is 1.00 bits per heavy atom. The number of ether oxygens (including phenoxy) is 1. The number of rotatable bonds is 10. The van der Waals surface area contributed by atoms with Gasteiger partial charge < -0.3 is 9.30 Å². The average molecular weight is 614 g/mol. The molecule has 4 aromatic rings. The van der Waals surface area contributed by atoms with Crippen molar-refractivity contribution in [2.75, 3.05) is 17.5 Å². The van der Waals surface area contributed by atoms with Crippen LogP contribution >= 0.6 is 23.2 Å². The van der Waals surface area contributed by atoms with Crippen molar-refractivity contribution in [3.63, 3.8) is 0 Å². The highest BCUT2D eigenvalue weighted by molar-refractivity contribution is 7.92. The summed E-state index contributed by atoms with van der Waals surface area (Å²) in [6.45, 7) is 7.54. The number of nitrogens with one attached hydrogen (secondary N) is 1. The number of amides is 1. The molecule has 0 radical (unpaired) electrons. The number of nitrogens with zero attached hydrogens (tertiary/aromatic N) is 3. The summed E-state index contributed by atoms with van der Waals surface area (Å²) in [5, 5.41) is 5.20. The summed E-state index contributed by atoms with van der Waals surface area (Å²) in [6.07, 6.45) is 1.51. The fourth-order valence-corrected chi connectivity index (χ4v) is 6.10. The van der Waals surface area contributed by atoms with Gasteiger partial charge in [0.2, 0.25) is 0 Å². The van der Waals surface area contributed by atoms with Crippen molar-refractivity contribution in [2.45, 2.75) is 32.6 Å². The molecule has 0 saturated carbocycles. The Hall–Kier alpha value is -3.79. The zero-order chi connectivity index (χ0) is 29.7. The van der Waals surface area contributed by atoms with Crippen LogP contribution in [0.2, 0.25) is 10.0 Å². The van der Waals surface area contributed by atoms with Crippen LogP contribution < -0.4 is 14.5 Å². The SMILES string of the molecule is CCOc1ccc(S(=O)(=O)N(CC(=O)N/N=C\c2cc(C)n(-c3cc(Cl)ccc3Cl)c2C)c2ccc(C)cc2)cc1. The lowest BCUT2D eigenvalue weighted by Gasteiger charge is -2.24. The molecule has 41 heavy (non-hydrogen) atoms. The van der Waals surface area contributed by atoms with Crippen LogP contribution in [0.4, 0.5) is 5.69 Å². The van der Waals surface area contributed by atoms with E-state index in [-0.39, 0.29) is 4.90 Å². The number of halogens is 2. The maximum absolute atomic E-state index is 13.6. The van der Waals surface area contributed by atoms with E-state index in [4.69, 9.17) is 27.9 Å². The van der Waals surface area contributed by atoms with Gasteiger partial charge in [0.25, 0.3) is 15.9 Å². The average Bonchev–Trinajstić information content (AvgIpc) is 3.22. The number of hydrogen-bond donors (Lipinski definition) is 1. The van der Waals surface area contributed by atoms with E-state index in [0.29, 0.717) is 28.1 Å². The predicted molar refractivity (Wildman–Crippen MR) is 164 cm³/mol. The molecule has 0 aliphatic heterocycles. The van der Waals surface area contributed by atoms with Crippen molar-refractivity contribution in [1.29, 1.82) is 0 Å². The van der Waals surface area contributed by atoms with Crippen LogP contribution in [-0.4, -0.2) is 38.3 Å². The molecule has 1 heterocycles. The number of benzene rings is 3. The summed E-state index contributed by atoms with van der Waals surface area (Å²) in [4.78, 5) is 13.0. The van der Waals surface area contributed by atoms with Gasteiger partial charge in [-0.25, -0.2) is 13.8 Å². The number of sulfonamides is 1. The summed E-state index contributed by atoms with van der Waals surface area (Å²) in [6, 6.07) is 20.1. The van der Waals surface area contributed by atoms with Gasteiger partial charge in [0.05, 0.1) is 34.1 Å². The van der Waals surface area contributed by atoms with Gasteiger partial charge in [-0.1, -0.05) is 40.9 Å². The summed E-state index contributed by atoms with van der Waals surface area (Å²) >= 11 is 12.6. The summed E-state index contributed by atoms with van der Waals surface area (Å²) in [5.74, 6) is -0.0551. The lowest BCUT2D eigenvalue weighted by molar-refractivity contribution is -0.119. The maximum Gasteiger partial charge on any atom is 0.264 e. The number of aryl methyl sites for hydroxylation is 2. The molecule has 3 aromatic carbocycles. The normalized spacial score (nSPS) is 11.6. The first-order valence-corrected chi connectivity index (χ1v) is 15.0. The molecular weight excluding hydrogens is 583 g/mol. The lowest BCUT2D eigenvalue weighted by Crippen LogP contribution is -2.39. The van der Waals surface area contributed by atoms with Crippen LogP contribution in [0.15, 0.2) is 82.8 Å². The zero-order valence-electron chi connectivity index (χ0n) is 23.1. The highest BCUT2D eigenvalue weighted by Crippen LogP contribution is 2.29. The fourth-order valence-electron chi connectivity index (χ4n) is 4.31. The monoisotopic (exact) mass is 612 g/mol. The number of carbonyl (C=O) groups excluding carboxylic acids is 1. The van der Waals surface area contributed by atoms with Gasteiger partial charge in [-0.3, -0.25) is 9.10 Å². The van der Waals surface area contributed by atoms with E-state index in [0.717, 1.165) is 32.5 Å². The molecule has 0 atom stereocenters. The van der Waals surface area contributed by atoms with Crippen molar-refractivity contribution in [2.24, 2.45) is 5.10 Å². The summed E-state index contributed by atoms with van der Waals surface area (Å²) in [5.41, 5.74) is 6.97. The Labute approximate surface area is 250 Å². The molecule has 0 spiro atoms. The number of hydrogen-bond acceptors (Lipinski definition) is 5. The Bertz CT molecular complexity index is 1680. The number of hydrazone groups is 1. The van der Waals surface area contributed by atoms with E-state index in [1.807, 2.05) is 38.3 Å². The number of anilines is 1. The smallest absolute Gasteiger partial charge is 0.264 e. The Balaban J connectivity index is 1.56. The topological polar surface area (TPSA) is 93.0 Å². The summed E-state index contributed by atoms with van der Waals surface area (Å²) in [7, 11) is -4.08. The third kappa shape index (κ3) is 6.93.